The third-order valence-electron chi connectivity index (χ3n) is 2.85. The zero-order valence-corrected chi connectivity index (χ0v) is 12.8. The molecule has 20 heavy (non-hydrogen) atoms. The molecule has 0 aliphatic carbocycles. The molecule has 1 aromatic rings. The highest BCUT2D eigenvalue weighted by Gasteiger charge is 2.21. The van der Waals surface area contributed by atoms with Gasteiger partial charge in [-0.15, -0.1) is 0 Å². The van der Waals surface area contributed by atoms with E-state index in [0.717, 1.165) is 18.6 Å². The number of benzene rings is 1. The molecule has 0 bridgehead atoms. The van der Waals surface area contributed by atoms with E-state index in [9.17, 15) is 4.79 Å². The first-order chi connectivity index (χ1) is 9.31. The van der Waals surface area contributed by atoms with Gasteiger partial charge in [0.25, 0.3) is 0 Å². The standard InChI is InChI=1S/C16H25NO3/c1-16(2,3)20-15(18)14(17)7-5-6-12-8-10-13(19-4)11-9-12/h8-11,14H,5-7,17H2,1-4H3/t14-/m0/s1. The van der Waals surface area contributed by atoms with Crippen molar-refractivity contribution in [3.63, 3.8) is 0 Å². The van der Waals surface area contributed by atoms with Crippen LogP contribution in [0.1, 0.15) is 39.2 Å². The van der Waals surface area contributed by atoms with Crippen molar-refractivity contribution in [3.8, 4) is 5.75 Å². The summed E-state index contributed by atoms with van der Waals surface area (Å²) < 4.78 is 10.4. The molecule has 2 N–H and O–H groups in total. The fraction of sp³-hybridized carbons (Fsp3) is 0.562. The number of methoxy groups -OCH3 is 1. The Bertz CT molecular complexity index is 420. The van der Waals surface area contributed by atoms with Gasteiger partial charge in [0.1, 0.15) is 17.4 Å². The van der Waals surface area contributed by atoms with Crippen molar-refractivity contribution < 1.29 is 14.3 Å². The summed E-state index contributed by atoms with van der Waals surface area (Å²) in [4.78, 5) is 11.7. The van der Waals surface area contributed by atoms with E-state index >= 15 is 0 Å². The van der Waals surface area contributed by atoms with Crippen LogP contribution in [-0.2, 0) is 16.0 Å². The SMILES string of the molecule is COc1ccc(CCC[C@H](N)C(=O)OC(C)(C)C)cc1. The van der Waals surface area contributed by atoms with E-state index in [2.05, 4.69) is 0 Å². The Hall–Kier alpha value is -1.55. The predicted molar refractivity (Wildman–Crippen MR) is 79.8 cm³/mol. The van der Waals surface area contributed by atoms with Crippen molar-refractivity contribution >= 4 is 5.97 Å². The summed E-state index contributed by atoms with van der Waals surface area (Å²) in [6.07, 6.45) is 2.37. The van der Waals surface area contributed by atoms with E-state index in [1.807, 2.05) is 45.0 Å². The third kappa shape index (κ3) is 6.06. The van der Waals surface area contributed by atoms with Crippen molar-refractivity contribution in [3.05, 3.63) is 29.8 Å². The maximum atomic E-state index is 11.7. The maximum absolute atomic E-state index is 11.7. The molecule has 112 valence electrons. The van der Waals surface area contributed by atoms with Crippen LogP contribution in [0.15, 0.2) is 24.3 Å². The molecule has 0 saturated carbocycles. The van der Waals surface area contributed by atoms with Crippen LogP contribution in [0.3, 0.4) is 0 Å². The highest BCUT2D eigenvalue weighted by molar-refractivity contribution is 5.75. The third-order valence-corrected chi connectivity index (χ3v) is 2.85. The normalized spacial score (nSPS) is 12.8. The van der Waals surface area contributed by atoms with Gasteiger partial charge in [-0.3, -0.25) is 4.79 Å². The Morgan fingerprint density at radius 3 is 2.35 bits per heavy atom. The largest absolute Gasteiger partial charge is 0.497 e. The van der Waals surface area contributed by atoms with Gasteiger partial charge in [0.15, 0.2) is 0 Å². The van der Waals surface area contributed by atoms with E-state index in [-0.39, 0.29) is 5.97 Å². The van der Waals surface area contributed by atoms with Gasteiger partial charge in [0, 0.05) is 0 Å². The van der Waals surface area contributed by atoms with Gasteiger partial charge >= 0.3 is 5.97 Å². The molecular formula is C16H25NO3. The second-order valence-electron chi connectivity index (χ2n) is 5.88. The summed E-state index contributed by atoms with van der Waals surface area (Å²) in [6, 6.07) is 7.37. The molecule has 0 spiro atoms. The quantitative estimate of drug-likeness (QED) is 0.813. The summed E-state index contributed by atoms with van der Waals surface area (Å²) in [6.45, 7) is 5.53. The first-order valence-corrected chi connectivity index (χ1v) is 6.93. The predicted octanol–water partition coefficient (Wildman–Crippen LogP) is 2.69. The average Bonchev–Trinajstić information content (AvgIpc) is 2.37. The van der Waals surface area contributed by atoms with Crippen LogP contribution in [0, 0.1) is 0 Å². The Morgan fingerprint density at radius 2 is 1.85 bits per heavy atom. The molecule has 0 aromatic heterocycles. The van der Waals surface area contributed by atoms with Gasteiger partial charge in [0.05, 0.1) is 7.11 Å². The number of aryl methyl sites for hydroxylation is 1. The fourth-order valence-corrected chi connectivity index (χ4v) is 1.81. The molecule has 0 heterocycles. The lowest BCUT2D eigenvalue weighted by atomic mass is 10.0. The van der Waals surface area contributed by atoms with Crippen molar-refractivity contribution in [1.82, 2.24) is 0 Å². The lowest BCUT2D eigenvalue weighted by Gasteiger charge is -2.22. The average molecular weight is 279 g/mol. The number of rotatable bonds is 6. The summed E-state index contributed by atoms with van der Waals surface area (Å²) in [5.41, 5.74) is 6.57. The molecule has 0 fully saturated rings. The molecule has 0 radical (unpaired) electrons. The molecule has 1 rings (SSSR count). The molecule has 1 atom stereocenters. The Labute approximate surface area is 121 Å². The second kappa shape index (κ2) is 7.29. The minimum atomic E-state index is -0.549. The van der Waals surface area contributed by atoms with Gasteiger partial charge in [-0.25, -0.2) is 0 Å². The number of hydrogen-bond acceptors (Lipinski definition) is 4. The molecule has 1 aromatic carbocycles. The highest BCUT2D eigenvalue weighted by atomic mass is 16.6. The zero-order chi connectivity index (χ0) is 15.2. The highest BCUT2D eigenvalue weighted by Crippen LogP contribution is 2.14. The number of esters is 1. The summed E-state index contributed by atoms with van der Waals surface area (Å²) >= 11 is 0. The number of hydrogen-bond donors (Lipinski definition) is 1. The van der Waals surface area contributed by atoms with Gasteiger partial charge < -0.3 is 15.2 Å². The Morgan fingerprint density at radius 1 is 1.25 bits per heavy atom. The maximum Gasteiger partial charge on any atom is 0.323 e. The zero-order valence-electron chi connectivity index (χ0n) is 12.8. The molecule has 0 unspecified atom stereocenters. The van der Waals surface area contributed by atoms with Crippen molar-refractivity contribution in [1.29, 1.82) is 0 Å². The topological polar surface area (TPSA) is 61.5 Å². The lowest BCUT2D eigenvalue weighted by molar-refractivity contribution is -0.156. The molecule has 4 nitrogen and oxygen atoms in total. The van der Waals surface area contributed by atoms with Gasteiger partial charge in [0.2, 0.25) is 0 Å². The van der Waals surface area contributed by atoms with Gasteiger partial charge in [-0.1, -0.05) is 12.1 Å². The monoisotopic (exact) mass is 279 g/mol. The van der Waals surface area contributed by atoms with E-state index in [1.165, 1.54) is 5.56 Å². The molecular weight excluding hydrogens is 254 g/mol. The Balaban J connectivity index is 2.34. The van der Waals surface area contributed by atoms with Crippen LogP contribution in [-0.4, -0.2) is 24.7 Å². The number of carbonyl (C=O) groups excluding carboxylic acids is 1. The molecule has 0 amide bonds. The molecule has 0 aliphatic rings. The molecule has 0 aliphatic heterocycles. The van der Waals surface area contributed by atoms with Crippen LogP contribution < -0.4 is 10.5 Å². The minimum Gasteiger partial charge on any atom is -0.497 e. The van der Waals surface area contributed by atoms with E-state index in [1.54, 1.807) is 7.11 Å². The second-order valence-corrected chi connectivity index (χ2v) is 5.88. The van der Waals surface area contributed by atoms with Crippen molar-refractivity contribution in [2.24, 2.45) is 5.73 Å². The van der Waals surface area contributed by atoms with Crippen LogP contribution in [0.4, 0.5) is 0 Å². The van der Waals surface area contributed by atoms with Gasteiger partial charge in [-0.05, 0) is 57.7 Å². The first kappa shape index (κ1) is 16.5. The van der Waals surface area contributed by atoms with E-state index in [0.29, 0.717) is 6.42 Å². The molecule has 0 saturated heterocycles. The fourth-order valence-electron chi connectivity index (χ4n) is 1.81. The van der Waals surface area contributed by atoms with E-state index < -0.39 is 11.6 Å². The summed E-state index contributed by atoms with van der Waals surface area (Å²) in [7, 11) is 1.65. The van der Waals surface area contributed by atoms with Crippen LogP contribution in [0.2, 0.25) is 0 Å². The van der Waals surface area contributed by atoms with Crippen LogP contribution >= 0.6 is 0 Å². The first-order valence-electron chi connectivity index (χ1n) is 6.93. The van der Waals surface area contributed by atoms with E-state index in [4.69, 9.17) is 15.2 Å². The smallest absolute Gasteiger partial charge is 0.323 e. The number of carbonyl (C=O) groups is 1. The number of ether oxygens (including phenoxy) is 2. The summed E-state index contributed by atoms with van der Waals surface area (Å²) in [5, 5.41) is 0. The summed E-state index contributed by atoms with van der Waals surface area (Å²) in [5.74, 6) is 0.520. The molecule has 4 heteroatoms. The van der Waals surface area contributed by atoms with Crippen molar-refractivity contribution in [2.75, 3.05) is 7.11 Å². The minimum absolute atomic E-state index is 0.327. The van der Waals surface area contributed by atoms with Crippen LogP contribution in [0.25, 0.3) is 0 Å². The number of nitrogens with two attached hydrogens (primary N) is 1. The van der Waals surface area contributed by atoms with Crippen molar-refractivity contribution in [2.45, 2.75) is 51.7 Å². The van der Waals surface area contributed by atoms with Gasteiger partial charge in [-0.2, -0.15) is 0 Å². The van der Waals surface area contributed by atoms with Crippen LogP contribution in [0.5, 0.6) is 5.75 Å². The lowest BCUT2D eigenvalue weighted by Crippen LogP contribution is -2.37. The Kier molecular flexibility index (Phi) is 6.02.